The van der Waals surface area contributed by atoms with Crippen molar-refractivity contribution < 1.29 is 8.42 Å². The summed E-state index contributed by atoms with van der Waals surface area (Å²) in [6.07, 6.45) is 5.79. The van der Waals surface area contributed by atoms with Crippen LogP contribution in [0.5, 0.6) is 0 Å². The van der Waals surface area contributed by atoms with Crippen LogP contribution in [0.25, 0.3) is 0 Å². The standard InChI is InChI=1S/C12H19N3O2S/c1-8(18(2,16)17)12-14-10(7-11(13)15-12)9-5-3-4-6-9/h7-9H,3-6H2,1-2H3,(H2,13,14,15). The van der Waals surface area contributed by atoms with Gasteiger partial charge in [0.05, 0.1) is 0 Å². The van der Waals surface area contributed by atoms with Crippen molar-refractivity contribution in [2.24, 2.45) is 0 Å². The zero-order chi connectivity index (χ0) is 13.3. The molecular formula is C12H19N3O2S. The maximum Gasteiger partial charge on any atom is 0.157 e. The van der Waals surface area contributed by atoms with Crippen molar-refractivity contribution in [3.63, 3.8) is 0 Å². The van der Waals surface area contributed by atoms with Crippen molar-refractivity contribution in [3.05, 3.63) is 17.6 Å². The molecule has 0 amide bonds. The number of anilines is 1. The van der Waals surface area contributed by atoms with E-state index in [1.807, 2.05) is 0 Å². The van der Waals surface area contributed by atoms with E-state index in [0.29, 0.717) is 17.6 Å². The van der Waals surface area contributed by atoms with Gasteiger partial charge in [-0.25, -0.2) is 18.4 Å². The highest BCUT2D eigenvalue weighted by atomic mass is 32.2. The Balaban J connectivity index is 2.37. The van der Waals surface area contributed by atoms with Crippen molar-refractivity contribution in [1.82, 2.24) is 9.97 Å². The third-order valence-electron chi connectivity index (χ3n) is 3.56. The first-order valence-corrected chi connectivity index (χ1v) is 8.16. The molecule has 1 atom stereocenters. The fourth-order valence-corrected chi connectivity index (χ4v) is 2.80. The van der Waals surface area contributed by atoms with Gasteiger partial charge in [0.1, 0.15) is 16.9 Å². The lowest BCUT2D eigenvalue weighted by Gasteiger charge is -2.13. The van der Waals surface area contributed by atoms with E-state index in [4.69, 9.17) is 5.73 Å². The van der Waals surface area contributed by atoms with Crippen LogP contribution in [0.2, 0.25) is 0 Å². The van der Waals surface area contributed by atoms with E-state index < -0.39 is 15.1 Å². The minimum atomic E-state index is -3.19. The number of aromatic nitrogens is 2. The van der Waals surface area contributed by atoms with Gasteiger partial charge in [0, 0.05) is 23.9 Å². The third kappa shape index (κ3) is 2.80. The largest absolute Gasteiger partial charge is 0.384 e. The molecule has 0 saturated heterocycles. The average Bonchev–Trinajstić information content (AvgIpc) is 2.79. The molecule has 2 rings (SSSR count). The number of hydrogen-bond donors (Lipinski definition) is 1. The highest BCUT2D eigenvalue weighted by molar-refractivity contribution is 7.90. The van der Waals surface area contributed by atoms with E-state index in [1.165, 1.54) is 19.1 Å². The van der Waals surface area contributed by atoms with Crippen molar-refractivity contribution >= 4 is 15.7 Å². The second kappa shape index (κ2) is 4.84. The summed E-state index contributed by atoms with van der Waals surface area (Å²) < 4.78 is 23.1. The van der Waals surface area contributed by atoms with Gasteiger partial charge < -0.3 is 5.73 Å². The second-order valence-electron chi connectivity index (χ2n) is 5.03. The third-order valence-corrected chi connectivity index (χ3v) is 5.06. The first-order chi connectivity index (χ1) is 8.38. The lowest BCUT2D eigenvalue weighted by Crippen LogP contribution is -2.14. The topological polar surface area (TPSA) is 85.9 Å². The minimum absolute atomic E-state index is 0.319. The van der Waals surface area contributed by atoms with E-state index in [0.717, 1.165) is 18.5 Å². The minimum Gasteiger partial charge on any atom is -0.384 e. The van der Waals surface area contributed by atoms with Crippen LogP contribution in [0.15, 0.2) is 6.07 Å². The molecule has 1 aromatic heterocycles. The van der Waals surface area contributed by atoms with Crippen LogP contribution >= 0.6 is 0 Å². The molecular weight excluding hydrogens is 250 g/mol. The lowest BCUT2D eigenvalue weighted by atomic mass is 10.0. The maximum atomic E-state index is 11.6. The van der Waals surface area contributed by atoms with Crippen molar-refractivity contribution in [3.8, 4) is 0 Å². The van der Waals surface area contributed by atoms with Gasteiger partial charge in [-0.2, -0.15) is 0 Å². The fraction of sp³-hybridized carbons (Fsp3) is 0.667. The average molecular weight is 269 g/mol. The summed E-state index contributed by atoms with van der Waals surface area (Å²) in [7, 11) is -3.19. The van der Waals surface area contributed by atoms with Crippen molar-refractivity contribution in [1.29, 1.82) is 0 Å². The maximum absolute atomic E-state index is 11.6. The van der Waals surface area contributed by atoms with Crippen LogP contribution in [-0.4, -0.2) is 24.6 Å². The van der Waals surface area contributed by atoms with Gasteiger partial charge >= 0.3 is 0 Å². The Morgan fingerprint density at radius 1 is 1.33 bits per heavy atom. The predicted octanol–water partition coefficient (Wildman–Crippen LogP) is 1.82. The quantitative estimate of drug-likeness (QED) is 0.904. The van der Waals surface area contributed by atoms with Gasteiger partial charge in [0.15, 0.2) is 9.84 Å². The summed E-state index contributed by atoms with van der Waals surface area (Å²) in [6.45, 7) is 1.60. The van der Waals surface area contributed by atoms with Crippen LogP contribution in [0, 0.1) is 0 Å². The normalized spacial score (nSPS) is 19.0. The predicted molar refractivity (Wildman–Crippen MR) is 70.9 cm³/mol. The highest BCUT2D eigenvalue weighted by Gasteiger charge is 2.24. The van der Waals surface area contributed by atoms with E-state index in [9.17, 15) is 8.42 Å². The monoisotopic (exact) mass is 269 g/mol. The Bertz CT molecular complexity index is 536. The molecule has 100 valence electrons. The van der Waals surface area contributed by atoms with Crippen molar-refractivity contribution in [2.75, 3.05) is 12.0 Å². The number of nitrogens with zero attached hydrogens (tertiary/aromatic N) is 2. The smallest absolute Gasteiger partial charge is 0.157 e. The molecule has 1 fully saturated rings. The van der Waals surface area contributed by atoms with E-state index in [2.05, 4.69) is 9.97 Å². The molecule has 1 aliphatic carbocycles. The van der Waals surface area contributed by atoms with E-state index in [1.54, 1.807) is 13.0 Å². The molecule has 1 aromatic rings. The van der Waals surface area contributed by atoms with Gasteiger partial charge in [-0.15, -0.1) is 0 Å². The van der Waals surface area contributed by atoms with Crippen LogP contribution < -0.4 is 5.73 Å². The Hall–Kier alpha value is -1.17. The fourth-order valence-electron chi connectivity index (χ4n) is 2.31. The molecule has 0 radical (unpaired) electrons. The number of nitrogens with two attached hydrogens (primary N) is 1. The Morgan fingerprint density at radius 2 is 1.94 bits per heavy atom. The van der Waals surface area contributed by atoms with Gasteiger partial charge in [-0.05, 0) is 19.8 Å². The van der Waals surface area contributed by atoms with Gasteiger partial charge in [0.25, 0.3) is 0 Å². The number of hydrogen-bond acceptors (Lipinski definition) is 5. The van der Waals surface area contributed by atoms with Crippen LogP contribution in [0.3, 0.4) is 0 Å². The second-order valence-corrected chi connectivity index (χ2v) is 7.40. The van der Waals surface area contributed by atoms with Gasteiger partial charge in [0.2, 0.25) is 0 Å². The summed E-state index contributed by atoms with van der Waals surface area (Å²) in [5.41, 5.74) is 6.66. The molecule has 1 unspecified atom stereocenters. The summed E-state index contributed by atoms with van der Waals surface area (Å²) in [5, 5.41) is -0.707. The van der Waals surface area contributed by atoms with Crippen molar-refractivity contribution in [2.45, 2.75) is 43.8 Å². The molecule has 2 N–H and O–H groups in total. The summed E-state index contributed by atoms with van der Waals surface area (Å²) in [6, 6.07) is 1.77. The Kier molecular flexibility index (Phi) is 3.56. The zero-order valence-electron chi connectivity index (χ0n) is 10.8. The molecule has 0 spiro atoms. The summed E-state index contributed by atoms with van der Waals surface area (Å²) >= 11 is 0. The number of nitrogen functional groups attached to an aromatic ring is 1. The highest BCUT2D eigenvalue weighted by Crippen LogP contribution is 2.34. The van der Waals surface area contributed by atoms with Crippen LogP contribution in [-0.2, 0) is 9.84 Å². The molecule has 0 aromatic carbocycles. The zero-order valence-corrected chi connectivity index (χ0v) is 11.6. The number of rotatable bonds is 3. The first-order valence-electron chi connectivity index (χ1n) is 6.21. The van der Waals surface area contributed by atoms with Gasteiger partial charge in [-0.3, -0.25) is 0 Å². The lowest BCUT2D eigenvalue weighted by molar-refractivity contribution is 0.587. The number of sulfone groups is 1. The molecule has 1 heterocycles. The molecule has 1 aliphatic rings. The molecule has 18 heavy (non-hydrogen) atoms. The SMILES string of the molecule is CC(c1nc(N)cc(C2CCCC2)n1)S(C)(=O)=O. The molecule has 0 aliphatic heterocycles. The molecule has 6 heteroatoms. The van der Waals surface area contributed by atoms with E-state index >= 15 is 0 Å². The Morgan fingerprint density at radius 3 is 2.50 bits per heavy atom. The molecule has 1 saturated carbocycles. The van der Waals surface area contributed by atoms with Crippen LogP contribution in [0.1, 0.15) is 55.3 Å². The van der Waals surface area contributed by atoms with E-state index in [-0.39, 0.29) is 0 Å². The van der Waals surface area contributed by atoms with Gasteiger partial charge in [-0.1, -0.05) is 12.8 Å². The molecule has 0 bridgehead atoms. The van der Waals surface area contributed by atoms with Crippen LogP contribution in [0.4, 0.5) is 5.82 Å². The first kappa shape index (κ1) is 13.3. The summed E-state index contributed by atoms with van der Waals surface area (Å²) in [5.74, 6) is 1.08. The molecule has 5 nitrogen and oxygen atoms in total. The Labute approximate surface area is 108 Å². The summed E-state index contributed by atoms with van der Waals surface area (Å²) in [4.78, 5) is 8.47.